The zero-order valence-corrected chi connectivity index (χ0v) is 18.2. The number of benzene rings is 2. The molecule has 2 N–H and O–H groups in total. The second-order valence-electron chi connectivity index (χ2n) is 8.00. The SMILES string of the molecule is CC(C)OCCCNC(=O)c1cc(Nc2ccc(C(C)C)cc2)nc2ccccc12. The van der Waals surface area contributed by atoms with E-state index in [2.05, 4.69) is 41.6 Å². The van der Waals surface area contributed by atoms with Crippen molar-refractivity contribution in [2.24, 2.45) is 0 Å². The summed E-state index contributed by atoms with van der Waals surface area (Å²) in [5.41, 5.74) is 3.63. The van der Waals surface area contributed by atoms with Crippen molar-refractivity contribution in [2.75, 3.05) is 18.5 Å². The van der Waals surface area contributed by atoms with Crippen LogP contribution in [0.1, 0.15) is 56.0 Å². The van der Waals surface area contributed by atoms with Gasteiger partial charge in [-0.15, -0.1) is 0 Å². The standard InChI is InChI=1S/C25H31N3O2/c1-17(2)19-10-12-20(13-11-19)27-24-16-22(21-8-5-6-9-23(21)28-24)25(29)26-14-7-15-30-18(3)4/h5-6,8-13,16-18H,7,14-15H2,1-4H3,(H,26,29)(H,27,28). The Morgan fingerprint density at radius 3 is 2.47 bits per heavy atom. The average molecular weight is 406 g/mol. The van der Waals surface area contributed by atoms with Gasteiger partial charge in [-0.1, -0.05) is 44.2 Å². The van der Waals surface area contributed by atoms with E-state index in [9.17, 15) is 4.79 Å². The highest BCUT2D eigenvalue weighted by Crippen LogP contribution is 2.24. The molecule has 0 radical (unpaired) electrons. The Bertz CT molecular complexity index is 981. The number of amides is 1. The summed E-state index contributed by atoms with van der Waals surface area (Å²) in [6.07, 6.45) is 0.980. The zero-order chi connectivity index (χ0) is 21.5. The molecule has 5 heteroatoms. The Morgan fingerprint density at radius 2 is 1.77 bits per heavy atom. The van der Waals surface area contributed by atoms with E-state index in [0.717, 1.165) is 23.0 Å². The van der Waals surface area contributed by atoms with E-state index >= 15 is 0 Å². The fourth-order valence-electron chi connectivity index (χ4n) is 3.21. The number of fused-ring (bicyclic) bond motifs is 1. The van der Waals surface area contributed by atoms with Gasteiger partial charge in [-0.05, 0) is 56.0 Å². The van der Waals surface area contributed by atoms with Crippen molar-refractivity contribution >= 4 is 28.3 Å². The summed E-state index contributed by atoms with van der Waals surface area (Å²) in [5.74, 6) is 1.04. The molecule has 5 nitrogen and oxygen atoms in total. The fraction of sp³-hybridized carbons (Fsp3) is 0.360. The van der Waals surface area contributed by atoms with Crippen molar-refractivity contribution < 1.29 is 9.53 Å². The van der Waals surface area contributed by atoms with Gasteiger partial charge < -0.3 is 15.4 Å². The number of aromatic nitrogens is 1. The van der Waals surface area contributed by atoms with Crippen molar-refractivity contribution in [1.82, 2.24) is 10.3 Å². The van der Waals surface area contributed by atoms with E-state index in [0.29, 0.717) is 30.5 Å². The van der Waals surface area contributed by atoms with Crippen LogP contribution < -0.4 is 10.6 Å². The topological polar surface area (TPSA) is 63.2 Å². The van der Waals surface area contributed by atoms with Crippen LogP contribution in [0.15, 0.2) is 54.6 Å². The van der Waals surface area contributed by atoms with Gasteiger partial charge in [0, 0.05) is 24.2 Å². The maximum Gasteiger partial charge on any atom is 0.252 e. The number of nitrogens with one attached hydrogen (secondary N) is 2. The van der Waals surface area contributed by atoms with Crippen molar-refractivity contribution in [3.63, 3.8) is 0 Å². The highest BCUT2D eigenvalue weighted by Gasteiger charge is 2.13. The normalized spacial score (nSPS) is 11.3. The summed E-state index contributed by atoms with van der Waals surface area (Å²) in [5, 5.41) is 7.18. The van der Waals surface area contributed by atoms with Gasteiger partial charge in [-0.25, -0.2) is 4.98 Å². The van der Waals surface area contributed by atoms with Crippen LogP contribution in [0.3, 0.4) is 0 Å². The minimum atomic E-state index is -0.101. The molecule has 1 aromatic heterocycles. The largest absolute Gasteiger partial charge is 0.379 e. The minimum Gasteiger partial charge on any atom is -0.379 e. The van der Waals surface area contributed by atoms with Crippen LogP contribution in [0.4, 0.5) is 11.5 Å². The molecule has 0 atom stereocenters. The summed E-state index contributed by atoms with van der Waals surface area (Å²) in [6, 6.07) is 17.8. The number of hydrogen-bond acceptors (Lipinski definition) is 4. The smallest absolute Gasteiger partial charge is 0.252 e. The van der Waals surface area contributed by atoms with Crippen molar-refractivity contribution in [3.8, 4) is 0 Å². The van der Waals surface area contributed by atoms with Gasteiger partial charge in [0.25, 0.3) is 5.91 Å². The van der Waals surface area contributed by atoms with Crippen LogP contribution >= 0.6 is 0 Å². The highest BCUT2D eigenvalue weighted by molar-refractivity contribution is 6.07. The number of para-hydroxylation sites is 1. The molecule has 1 amide bonds. The lowest BCUT2D eigenvalue weighted by Crippen LogP contribution is -2.26. The van der Waals surface area contributed by atoms with Gasteiger partial charge in [-0.2, -0.15) is 0 Å². The minimum absolute atomic E-state index is 0.101. The summed E-state index contributed by atoms with van der Waals surface area (Å²) in [7, 11) is 0. The molecule has 0 saturated carbocycles. The zero-order valence-electron chi connectivity index (χ0n) is 18.2. The number of hydrogen-bond donors (Lipinski definition) is 2. The lowest BCUT2D eigenvalue weighted by molar-refractivity contribution is 0.0757. The summed E-state index contributed by atoms with van der Waals surface area (Å²) in [4.78, 5) is 17.6. The number of pyridine rings is 1. The lowest BCUT2D eigenvalue weighted by atomic mass is 10.0. The lowest BCUT2D eigenvalue weighted by Gasteiger charge is -2.13. The van der Waals surface area contributed by atoms with Gasteiger partial charge in [0.05, 0.1) is 17.2 Å². The molecule has 0 saturated heterocycles. The van der Waals surface area contributed by atoms with Crippen LogP contribution in [0.5, 0.6) is 0 Å². The number of nitrogens with zero attached hydrogens (tertiary/aromatic N) is 1. The predicted molar refractivity (Wildman–Crippen MR) is 124 cm³/mol. The first-order valence-corrected chi connectivity index (χ1v) is 10.6. The monoisotopic (exact) mass is 405 g/mol. The van der Waals surface area contributed by atoms with Crippen LogP contribution in [0, 0.1) is 0 Å². The van der Waals surface area contributed by atoms with E-state index in [-0.39, 0.29) is 12.0 Å². The molecule has 30 heavy (non-hydrogen) atoms. The van der Waals surface area contributed by atoms with Crippen LogP contribution in [-0.4, -0.2) is 30.1 Å². The molecule has 0 aliphatic rings. The number of carbonyl (C=O) groups is 1. The Morgan fingerprint density at radius 1 is 1.03 bits per heavy atom. The van der Waals surface area contributed by atoms with Gasteiger partial charge >= 0.3 is 0 Å². The van der Waals surface area contributed by atoms with Crippen molar-refractivity contribution in [1.29, 1.82) is 0 Å². The van der Waals surface area contributed by atoms with Gasteiger partial charge in [0.2, 0.25) is 0 Å². The Kier molecular flexibility index (Phi) is 7.41. The molecular weight excluding hydrogens is 374 g/mol. The van der Waals surface area contributed by atoms with Crippen LogP contribution in [0.25, 0.3) is 10.9 Å². The Hall–Kier alpha value is -2.92. The first-order valence-electron chi connectivity index (χ1n) is 10.6. The first kappa shape index (κ1) is 21.8. The second-order valence-corrected chi connectivity index (χ2v) is 8.00. The third-order valence-corrected chi connectivity index (χ3v) is 4.87. The molecule has 3 aromatic rings. The first-order chi connectivity index (χ1) is 14.4. The third-order valence-electron chi connectivity index (χ3n) is 4.87. The molecule has 0 bridgehead atoms. The third kappa shape index (κ3) is 5.80. The van der Waals surface area contributed by atoms with Crippen molar-refractivity contribution in [3.05, 3.63) is 65.7 Å². The van der Waals surface area contributed by atoms with E-state index in [1.807, 2.05) is 56.3 Å². The van der Waals surface area contributed by atoms with E-state index in [4.69, 9.17) is 4.74 Å². The average Bonchev–Trinajstić information content (AvgIpc) is 2.73. The number of rotatable bonds is 9. The number of carbonyl (C=O) groups excluding carboxylic acids is 1. The number of anilines is 2. The molecule has 0 fully saturated rings. The summed E-state index contributed by atoms with van der Waals surface area (Å²) in [6.45, 7) is 9.56. The van der Waals surface area contributed by atoms with Gasteiger partial charge in [0.1, 0.15) is 5.82 Å². The predicted octanol–water partition coefficient (Wildman–Crippen LogP) is 5.65. The van der Waals surface area contributed by atoms with Crippen LogP contribution in [0.2, 0.25) is 0 Å². The van der Waals surface area contributed by atoms with Crippen molar-refractivity contribution in [2.45, 2.75) is 46.1 Å². The second kappa shape index (κ2) is 10.2. The maximum atomic E-state index is 12.9. The summed E-state index contributed by atoms with van der Waals surface area (Å²) >= 11 is 0. The van der Waals surface area contributed by atoms with E-state index in [1.165, 1.54) is 5.56 Å². The number of ether oxygens (including phenoxy) is 1. The molecular formula is C25H31N3O2. The Balaban J connectivity index is 1.77. The molecule has 1 heterocycles. The maximum absolute atomic E-state index is 12.9. The molecule has 0 spiro atoms. The van der Waals surface area contributed by atoms with Gasteiger partial charge in [-0.3, -0.25) is 4.79 Å². The molecule has 3 rings (SSSR count). The van der Waals surface area contributed by atoms with Gasteiger partial charge in [0.15, 0.2) is 0 Å². The van der Waals surface area contributed by atoms with Crippen LogP contribution in [-0.2, 0) is 4.74 Å². The summed E-state index contributed by atoms with van der Waals surface area (Å²) < 4.78 is 5.54. The molecule has 158 valence electrons. The van der Waals surface area contributed by atoms with E-state index < -0.39 is 0 Å². The molecule has 0 unspecified atom stereocenters. The highest BCUT2D eigenvalue weighted by atomic mass is 16.5. The fourth-order valence-corrected chi connectivity index (χ4v) is 3.21. The Labute approximate surface area is 178 Å². The molecule has 2 aromatic carbocycles. The molecule has 0 aliphatic heterocycles. The van der Waals surface area contributed by atoms with E-state index in [1.54, 1.807) is 0 Å². The quantitative estimate of drug-likeness (QED) is 0.452. The molecule has 0 aliphatic carbocycles.